The Hall–Kier alpha value is -2.64. The maximum absolute atomic E-state index is 10.8. The Morgan fingerprint density at radius 1 is 1.47 bits per heavy atom. The monoisotopic (exact) mass is 263 g/mol. The van der Waals surface area contributed by atoms with Crippen molar-refractivity contribution in [1.82, 2.24) is 15.2 Å². The van der Waals surface area contributed by atoms with E-state index in [1.165, 1.54) is 25.6 Å². The highest BCUT2D eigenvalue weighted by molar-refractivity contribution is 5.56. The van der Waals surface area contributed by atoms with Crippen LogP contribution in [0.3, 0.4) is 0 Å². The quantitative estimate of drug-likeness (QED) is 0.630. The van der Waals surface area contributed by atoms with Gasteiger partial charge in [-0.3, -0.25) is 15.2 Å². The fourth-order valence-corrected chi connectivity index (χ4v) is 1.63. The topological polar surface area (TPSA) is 106 Å². The lowest BCUT2D eigenvalue weighted by Gasteiger charge is -2.13. The lowest BCUT2D eigenvalue weighted by molar-refractivity contribution is -0.384. The summed E-state index contributed by atoms with van der Waals surface area (Å²) in [4.78, 5) is 14.4. The zero-order chi connectivity index (χ0) is 13.8. The highest BCUT2D eigenvalue weighted by Crippen LogP contribution is 2.27. The van der Waals surface area contributed by atoms with Gasteiger partial charge in [0.1, 0.15) is 17.9 Å². The first-order chi connectivity index (χ1) is 9.10. The van der Waals surface area contributed by atoms with Crippen molar-refractivity contribution in [3.05, 3.63) is 40.5 Å². The van der Waals surface area contributed by atoms with Gasteiger partial charge in [0.25, 0.3) is 5.69 Å². The minimum Gasteiger partial charge on any atom is -0.496 e. The van der Waals surface area contributed by atoms with Gasteiger partial charge < -0.3 is 10.1 Å². The number of rotatable bonds is 5. The summed E-state index contributed by atoms with van der Waals surface area (Å²) < 4.78 is 5.04. The van der Waals surface area contributed by atoms with E-state index in [2.05, 4.69) is 20.5 Å². The molecule has 100 valence electrons. The Morgan fingerprint density at radius 2 is 2.26 bits per heavy atom. The van der Waals surface area contributed by atoms with Crippen LogP contribution in [0, 0.1) is 10.1 Å². The molecule has 19 heavy (non-hydrogen) atoms. The summed E-state index contributed by atoms with van der Waals surface area (Å²) in [5.41, 5.74) is 0.543. The molecule has 0 aliphatic heterocycles. The molecule has 0 spiro atoms. The van der Waals surface area contributed by atoms with E-state index in [1.807, 2.05) is 6.92 Å². The smallest absolute Gasteiger partial charge is 0.275 e. The lowest BCUT2D eigenvalue weighted by Crippen LogP contribution is -2.08. The molecule has 1 aromatic carbocycles. The van der Waals surface area contributed by atoms with Gasteiger partial charge in [-0.15, -0.1) is 0 Å². The van der Waals surface area contributed by atoms with Gasteiger partial charge in [0, 0.05) is 17.8 Å². The van der Waals surface area contributed by atoms with Crippen molar-refractivity contribution >= 4 is 11.4 Å². The molecule has 1 heterocycles. The third-order valence-corrected chi connectivity index (χ3v) is 2.56. The van der Waals surface area contributed by atoms with Gasteiger partial charge in [0.05, 0.1) is 24.1 Å². The van der Waals surface area contributed by atoms with Gasteiger partial charge in [-0.25, -0.2) is 4.98 Å². The van der Waals surface area contributed by atoms with Crippen LogP contribution >= 0.6 is 0 Å². The number of H-pyrrole nitrogens is 1. The normalized spacial score (nSPS) is 11.9. The summed E-state index contributed by atoms with van der Waals surface area (Å²) in [6.45, 7) is 1.87. The number of aromatic nitrogens is 3. The van der Waals surface area contributed by atoms with Crippen LogP contribution in [0.2, 0.25) is 0 Å². The maximum Gasteiger partial charge on any atom is 0.275 e. The summed E-state index contributed by atoms with van der Waals surface area (Å²) in [7, 11) is 1.46. The molecular formula is C11H13N5O3. The number of non-ortho nitro benzene ring substituents is 1. The molecule has 0 radical (unpaired) electrons. The fraction of sp³-hybridized carbons (Fsp3) is 0.273. The van der Waals surface area contributed by atoms with Crippen LogP contribution in [0.1, 0.15) is 18.8 Å². The number of nitro benzene ring substituents is 1. The molecule has 0 bridgehead atoms. The van der Waals surface area contributed by atoms with Crippen molar-refractivity contribution in [3.63, 3.8) is 0 Å². The highest BCUT2D eigenvalue weighted by Gasteiger charge is 2.13. The zero-order valence-electron chi connectivity index (χ0n) is 10.5. The van der Waals surface area contributed by atoms with Crippen LogP contribution < -0.4 is 10.1 Å². The number of benzene rings is 1. The molecule has 0 amide bonds. The Labute approximate surface area is 109 Å². The summed E-state index contributed by atoms with van der Waals surface area (Å²) in [6.07, 6.45) is 1.40. The number of ether oxygens (including phenoxy) is 1. The Balaban J connectivity index is 2.24. The molecule has 2 rings (SSSR count). The summed E-state index contributed by atoms with van der Waals surface area (Å²) in [5, 5.41) is 20.4. The van der Waals surface area contributed by atoms with Gasteiger partial charge in [-0.1, -0.05) is 0 Å². The molecule has 2 N–H and O–H groups in total. The standard InChI is InChI=1S/C11H13N5O3/c1-7(11-12-6-13-15-11)14-8-3-9(16(17)18)5-10(4-8)19-2/h3-7,14H,1-2H3,(H,12,13,15). The van der Waals surface area contributed by atoms with Gasteiger partial charge in [-0.05, 0) is 6.92 Å². The number of nitro groups is 1. The van der Waals surface area contributed by atoms with E-state index in [9.17, 15) is 10.1 Å². The van der Waals surface area contributed by atoms with Gasteiger partial charge >= 0.3 is 0 Å². The van der Waals surface area contributed by atoms with Crippen molar-refractivity contribution in [1.29, 1.82) is 0 Å². The average molecular weight is 263 g/mol. The van der Waals surface area contributed by atoms with E-state index >= 15 is 0 Å². The molecule has 0 saturated heterocycles. The first kappa shape index (κ1) is 12.8. The highest BCUT2D eigenvalue weighted by atomic mass is 16.6. The lowest BCUT2D eigenvalue weighted by atomic mass is 10.2. The van der Waals surface area contributed by atoms with Crippen LogP contribution in [0.4, 0.5) is 11.4 Å². The minimum absolute atomic E-state index is 0.0355. The van der Waals surface area contributed by atoms with Crippen molar-refractivity contribution in [2.75, 3.05) is 12.4 Å². The van der Waals surface area contributed by atoms with Crippen molar-refractivity contribution in [3.8, 4) is 5.75 Å². The van der Waals surface area contributed by atoms with Crippen LogP contribution in [0.25, 0.3) is 0 Å². The van der Waals surface area contributed by atoms with Crippen molar-refractivity contribution in [2.24, 2.45) is 0 Å². The molecule has 0 aliphatic carbocycles. The van der Waals surface area contributed by atoms with Crippen LogP contribution in [-0.4, -0.2) is 27.2 Å². The molecule has 8 nitrogen and oxygen atoms in total. The largest absolute Gasteiger partial charge is 0.496 e. The molecule has 1 atom stereocenters. The van der Waals surface area contributed by atoms with E-state index in [0.29, 0.717) is 17.3 Å². The Bertz CT molecular complexity index is 570. The van der Waals surface area contributed by atoms with Crippen LogP contribution in [-0.2, 0) is 0 Å². The number of hydrogen-bond acceptors (Lipinski definition) is 6. The van der Waals surface area contributed by atoms with Gasteiger partial charge in [0.2, 0.25) is 0 Å². The Kier molecular flexibility index (Phi) is 3.60. The van der Waals surface area contributed by atoms with E-state index in [0.717, 1.165) is 0 Å². The molecule has 2 aromatic rings. The summed E-state index contributed by atoms with van der Waals surface area (Å²) in [5.74, 6) is 1.06. The number of nitrogens with one attached hydrogen (secondary N) is 2. The third kappa shape index (κ3) is 2.97. The Morgan fingerprint density at radius 3 is 2.84 bits per heavy atom. The van der Waals surface area contributed by atoms with Crippen molar-refractivity contribution in [2.45, 2.75) is 13.0 Å². The molecule has 0 saturated carbocycles. The molecule has 8 heteroatoms. The summed E-state index contributed by atoms with van der Waals surface area (Å²) in [6, 6.07) is 4.33. The van der Waals surface area contributed by atoms with Gasteiger partial charge in [-0.2, -0.15) is 5.10 Å². The van der Waals surface area contributed by atoms with Gasteiger partial charge in [0.15, 0.2) is 0 Å². The predicted molar refractivity (Wildman–Crippen MR) is 68.1 cm³/mol. The van der Waals surface area contributed by atoms with Crippen molar-refractivity contribution < 1.29 is 9.66 Å². The second kappa shape index (κ2) is 5.34. The fourth-order valence-electron chi connectivity index (χ4n) is 1.63. The molecule has 0 fully saturated rings. The van der Waals surface area contributed by atoms with E-state index in [-0.39, 0.29) is 11.7 Å². The van der Waals surface area contributed by atoms with E-state index in [4.69, 9.17) is 4.74 Å². The number of methoxy groups -OCH3 is 1. The van der Waals surface area contributed by atoms with E-state index in [1.54, 1.807) is 6.07 Å². The first-order valence-corrected chi connectivity index (χ1v) is 5.55. The predicted octanol–water partition coefficient (Wildman–Crippen LogP) is 1.89. The molecular weight excluding hydrogens is 250 g/mol. The second-order valence-corrected chi connectivity index (χ2v) is 3.91. The molecule has 1 unspecified atom stereocenters. The number of nitrogens with zero attached hydrogens (tertiary/aromatic N) is 3. The average Bonchev–Trinajstić information content (AvgIpc) is 2.92. The molecule has 0 aliphatic rings. The number of aromatic amines is 1. The second-order valence-electron chi connectivity index (χ2n) is 3.91. The van der Waals surface area contributed by atoms with E-state index < -0.39 is 4.92 Å². The minimum atomic E-state index is -0.465. The SMILES string of the molecule is COc1cc(NC(C)c2ncn[nH]2)cc([N+](=O)[O-])c1. The number of anilines is 1. The first-order valence-electron chi connectivity index (χ1n) is 5.55. The maximum atomic E-state index is 10.8. The third-order valence-electron chi connectivity index (χ3n) is 2.56. The van der Waals surface area contributed by atoms with Crippen LogP contribution in [0.15, 0.2) is 24.5 Å². The van der Waals surface area contributed by atoms with Crippen LogP contribution in [0.5, 0.6) is 5.75 Å². The molecule has 1 aromatic heterocycles. The number of hydrogen-bond donors (Lipinski definition) is 2. The zero-order valence-corrected chi connectivity index (χ0v) is 10.5. The summed E-state index contributed by atoms with van der Waals surface area (Å²) >= 11 is 0.